The average molecular weight is 434 g/mol. The molecule has 0 radical (unpaired) electrons. The van der Waals surface area contributed by atoms with Gasteiger partial charge < -0.3 is 10.0 Å². The maximum atomic E-state index is 11.3. The van der Waals surface area contributed by atoms with Gasteiger partial charge in [-0.05, 0) is 90.8 Å². The summed E-state index contributed by atoms with van der Waals surface area (Å²) in [6.07, 6.45) is 5.42. The molecule has 3 aliphatic heterocycles. The Labute approximate surface area is 184 Å². The van der Waals surface area contributed by atoms with Crippen molar-refractivity contribution in [2.75, 3.05) is 24.5 Å². The number of carbonyl (C=O) groups is 1. The third kappa shape index (κ3) is 3.51. The van der Waals surface area contributed by atoms with Crippen LogP contribution >= 0.6 is 0 Å². The topological polar surface area (TPSA) is 65.3 Å². The Bertz CT molecular complexity index is 1180. The van der Waals surface area contributed by atoms with Crippen LogP contribution in [0.3, 0.4) is 0 Å². The van der Waals surface area contributed by atoms with Gasteiger partial charge in [0.1, 0.15) is 8.07 Å². The number of nitrogens with zero attached hydrogens (tertiary/aromatic N) is 3. The summed E-state index contributed by atoms with van der Waals surface area (Å²) in [6, 6.07) is 10.3. The van der Waals surface area contributed by atoms with Gasteiger partial charge >= 0.3 is 5.97 Å². The Balaban J connectivity index is 1.72. The lowest BCUT2D eigenvalue weighted by molar-refractivity contribution is -0.137. The fourth-order valence-corrected chi connectivity index (χ4v) is 9.68. The van der Waals surface area contributed by atoms with Crippen molar-refractivity contribution >= 4 is 35.8 Å². The second kappa shape index (κ2) is 7.90. The summed E-state index contributed by atoms with van der Waals surface area (Å²) < 4.78 is 0. The minimum absolute atomic E-state index is 0.228. The SMILES string of the molecule is CCN1CCCc2cc3c(cc21)[Si](C)(CCCC(=O)O)c1cc2c(cc1=N3)CCCN=2. The van der Waals surface area contributed by atoms with Crippen LogP contribution in [-0.2, 0) is 17.6 Å². The van der Waals surface area contributed by atoms with Crippen LogP contribution in [0.4, 0.5) is 11.4 Å². The van der Waals surface area contributed by atoms with E-state index >= 15 is 0 Å². The Morgan fingerprint density at radius 1 is 1.10 bits per heavy atom. The molecular weight excluding hydrogens is 402 g/mol. The van der Waals surface area contributed by atoms with Gasteiger partial charge in [-0.1, -0.05) is 6.55 Å². The molecule has 3 aliphatic rings. The van der Waals surface area contributed by atoms with Gasteiger partial charge in [-0.2, -0.15) is 0 Å². The normalized spacial score (nSPS) is 21.2. The Hall–Kier alpha value is -2.47. The van der Waals surface area contributed by atoms with Crippen LogP contribution in [0.5, 0.6) is 0 Å². The molecule has 162 valence electrons. The second-order valence-corrected chi connectivity index (χ2v) is 13.6. The number of carboxylic acids is 1. The highest BCUT2D eigenvalue weighted by Gasteiger charge is 2.39. The molecule has 0 amide bonds. The lowest BCUT2D eigenvalue weighted by atomic mass is 10.0. The Morgan fingerprint density at radius 2 is 1.94 bits per heavy atom. The van der Waals surface area contributed by atoms with Gasteiger partial charge in [-0.25, -0.2) is 4.99 Å². The van der Waals surface area contributed by atoms with Crippen LogP contribution in [0.2, 0.25) is 12.6 Å². The predicted octanol–water partition coefficient (Wildman–Crippen LogP) is 2.35. The molecule has 0 aliphatic carbocycles. The van der Waals surface area contributed by atoms with Gasteiger partial charge in [0.15, 0.2) is 0 Å². The number of hydrogen-bond donors (Lipinski definition) is 1. The minimum atomic E-state index is -2.15. The first-order chi connectivity index (χ1) is 15.0. The van der Waals surface area contributed by atoms with Crippen molar-refractivity contribution < 1.29 is 9.90 Å². The molecular formula is C25H31N3O2Si. The minimum Gasteiger partial charge on any atom is -0.481 e. The highest BCUT2D eigenvalue weighted by atomic mass is 28.3. The molecule has 5 rings (SSSR count). The van der Waals surface area contributed by atoms with Gasteiger partial charge in [0.2, 0.25) is 0 Å². The van der Waals surface area contributed by atoms with Crippen LogP contribution in [0.25, 0.3) is 0 Å². The number of anilines is 1. The predicted molar refractivity (Wildman–Crippen MR) is 127 cm³/mol. The largest absolute Gasteiger partial charge is 0.481 e. The molecule has 5 nitrogen and oxygen atoms in total. The van der Waals surface area contributed by atoms with Gasteiger partial charge in [-0.3, -0.25) is 9.79 Å². The van der Waals surface area contributed by atoms with Crippen LogP contribution in [0, 0.1) is 0 Å². The lowest BCUT2D eigenvalue weighted by Crippen LogP contribution is -2.64. The number of benzene rings is 2. The van der Waals surface area contributed by atoms with E-state index in [0.717, 1.165) is 61.3 Å². The van der Waals surface area contributed by atoms with E-state index in [-0.39, 0.29) is 6.42 Å². The summed E-state index contributed by atoms with van der Waals surface area (Å²) >= 11 is 0. The summed E-state index contributed by atoms with van der Waals surface area (Å²) in [7, 11) is -2.15. The van der Waals surface area contributed by atoms with Crippen LogP contribution in [0.1, 0.15) is 43.7 Å². The van der Waals surface area contributed by atoms with E-state index in [9.17, 15) is 9.90 Å². The van der Waals surface area contributed by atoms with E-state index in [1.165, 1.54) is 33.6 Å². The fourth-order valence-electron chi connectivity index (χ4n) is 5.67. The van der Waals surface area contributed by atoms with Crippen molar-refractivity contribution in [3.63, 3.8) is 0 Å². The van der Waals surface area contributed by atoms with E-state index in [2.05, 4.69) is 42.6 Å². The highest BCUT2D eigenvalue weighted by Crippen LogP contribution is 2.33. The van der Waals surface area contributed by atoms with Gasteiger partial charge in [0.25, 0.3) is 0 Å². The van der Waals surface area contributed by atoms with Gasteiger partial charge in [0.05, 0.1) is 16.4 Å². The number of carboxylic acid groups (broad SMARTS) is 1. The van der Waals surface area contributed by atoms with Crippen molar-refractivity contribution in [3.05, 3.63) is 46.1 Å². The van der Waals surface area contributed by atoms with Crippen molar-refractivity contribution in [2.45, 2.75) is 58.0 Å². The Morgan fingerprint density at radius 3 is 2.74 bits per heavy atom. The van der Waals surface area contributed by atoms with Crippen molar-refractivity contribution in [2.24, 2.45) is 9.98 Å². The third-order valence-electron chi connectivity index (χ3n) is 7.37. The zero-order valence-electron chi connectivity index (χ0n) is 18.6. The fraction of sp³-hybridized carbons (Fsp3) is 0.480. The van der Waals surface area contributed by atoms with Crippen LogP contribution < -0.4 is 26.0 Å². The van der Waals surface area contributed by atoms with Crippen LogP contribution in [-0.4, -0.2) is 38.8 Å². The molecule has 6 heteroatoms. The number of aliphatic carboxylic acids is 1. The third-order valence-corrected chi connectivity index (χ3v) is 11.9. The molecule has 1 atom stereocenters. The monoisotopic (exact) mass is 433 g/mol. The first kappa shape index (κ1) is 20.4. The molecule has 3 heterocycles. The number of fused-ring (bicyclic) bond motifs is 4. The molecule has 1 N–H and O–H groups in total. The van der Waals surface area contributed by atoms with E-state index in [4.69, 9.17) is 9.98 Å². The first-order valence-electron chi connectivity index (χ1n) is 11.7. The standard InChI is InChI=1S/C25H31N3O2Si/c1-3-28-11-5-8-18-14-21-24(16-22(18)28)31(2,12-6-9-25(29)30)23-15-19-17(7-4-10-26-19)13-20(23)27-21/h13-16H,3-12H2,1-2H3,(H,29,30). The molecule has 0 saturated heterocycles. The Kier molecular flexibility index (Phi) is 5.20. The quantitative estimate of drug-likeness (QED) is 0.736. The lowest BCUT2D eigenvalue weighted by Gasteiger charge is -2.37. The molecule has 2 aromatic rings. The number of hydrogen-bond acceptors (Lipinski definition) is 4. The highest BCUT2D eigenvalue weighted by molar-refractivity contribution is 7.02. The number of aryl methyl sites for hydroxylation is 2. The molecule has 2 aromatic carbocycles. The van der Waals surface area contributed by atoms with Gasteiger partial charge in [0, 0.05) is 31.7 Å². The molecule has 0 spiro atoms. The maximum absolute atomic E-state index is 11.3. The van der Waals surface area contributed by atoms with Crippen molar-refractivity contribution in [1.29, 1.82) is 0 Å². The molecule has 0 fully saturated rings. The summed E-state index contributed by atoms with van der Waals surface area (Å²) in [5.41, 5.74) is 5.22. The first-order valence-corrected chi connectivity index (χ1v) is 14.4. The zero-order valence-corrected chi connectivity index (χ0v) is 19.6. The molecule has 1 unspecified atom stereocenters. The van der Waals surface area contributed by atoms with Gasteiger partial charge in [-0.15, -0.1) is 0 Å². The molecule has 0 saturated carbocycles. The summed E-state index contributed by atoms with van der Waals surface area (Å²) in [5.74, 6) is -0.707. The maximum Gasteiger partial charge on any atom is 0.303 e. The van der Waals surface area contributed by atoms with Crippen LogP contribution in [0.15, 0.2) is 34.3 Å². The van der Waals surface area contributed by atoms with E-state index in [1.54, 1.807) is 0 Å². The van der Waals surface area contributed by atoms with E-state index in [0.29, 0.717) is 6.42 Å². The average Bonchev–Trinajstić information content (AvgIpc) is 2.76. The molecule has 31 heavy (non-hydrogen) atoms. The van der Waals surface area contributed by atoms with E-state index < -0.39 is 14.0 Å². The smallest absolute Gasteiger partial charge is 0.303 e. The molecule has 0 bridgehead atoms. The zero-order chi connectivity index (χ0) is 21.6. The van der Waals surface area contributed by atoms with Crippen molar-refractivity contribution in [1.82, 2.24) is 0 Å². The summed E-state index contributed by atoms with van der Waals surface area (Å²) in [6.45, 7) is 7.67. The summed E-state index contributed by atoms with van der Waals surface area (Å²) in [5, 5.41) is 14.2. The molecule has 0 aromatic heterocycles. The summed E-state index contributed by atoms with van der Waals surface area (Å²) in [4.78, 5) is 23.7. The van der Waals surface area contributed by atoms with Crippen molar-refractivity contribution in [3.8, 4) is 0 Å². The number of rotatable bonds is 5. The second-order valence-electron chi connectivity index (χ2n) is 9.36. The van der Waals surface area contributed by atoms with E-state index in [1.807, 2.05) is 0 Å².